The zero-order chi connectivity index (χ0) is 14.3. The fourth-order valence-electron chi connectivity index (χ4n) is 2.59. The van der Waals surface area contributed by atoms with Crippen molar-refractivity contribution in [3.05, 3.63) is 45.2 Å². The third-order valence-electron chi connectivity index (χ3n) is 3.66. The van der Waals surface area contributed by atoms with Crippen molar-refractivity contribution in [2.75, 3.05) is 0 Å². The van der Waals surface area contributed by atoms with Crippen LogP contribution in [-0.4, -0.2) is 10.4 Å². The van der Waals surface area contributed by atoms with Crippen LogP contribution < -0.4 is 5.56 Å². The first kappa shape index (κ1) is 13.5. The van der Waals surface area contributed by atoms with E-state index in [1.165, 1.54) is 6.92 Å². The van der Waals surface area contributed by atoms with Gasteiger partial charge in [0.2, 0.25) is 0 Å². The van der Waals surface area contributed by atoms with Crippen molar-refractivity contribution < 1.29 is 4.79 Å². The van der Waals surface area contributed by atoms with Crippen molar-refractivity contribution in [1.82, 2.24) is 4.57 Å². The lowest BCUT2D eigenvalue weighted by atomic mass is 10.0. The van der Waals surface area contributed by atoms with Gasteiger partial charge in [-0.25, -0.2) is 0 Å². The lowest BCUT2D eigenvalue weighted by molar-refractivity contribution is -0.119. The maximum Gasteiger partial charge on any atom is 0.251 e. The van der Waals surface area contributed by atoms with Gasteiger partial charge in [0.15, 0.2) is 5.78 Å². The molecule has 0 bridgehead atoms. The first-order chi connectivity index (χ1) is 8.82. The van der Waals surface area contributed by atoms with E-state index in [1.807, 2.05) is 26.8 Å². The van der Waals surface area contributed by atoms with E-state index in [2.05, 4.69) is 6.07 Å². The number of carbonyl (C=O) groups excluding carboxylic acids is 1. The second kappa shape index (κ2) is 4.65. The number of rotatable bonds is 2. The Kier molecular flexibility index (Phi) is 3.31. The minimum Gasteiger partial charge on any atom is -0.298 e. The van der Waals surface area contributed by atoms with Gasteiger partial charge in [0.05, 0.1) is 11.6 Å². The molecule has 0 saturated heterocycles. The van der Waals surface area contributed by atoms with Crippen molar-refractivity contribution in [1.29, 1.82) is 0 Å². The van der Waals surface area contributed by atoms with Gasteiger partial charge in [0, 0.05) is 11.5 Å². The number of benzene rings is 1. The van der Waals surface area contributed by atoms with Crippen LogP contribution in [0.1, 0.15) is 36.6 Å². The maximum atomic E-state index is 12.2. The van der Waals surface area contributed by atoms with Crippen LogP contribution in [0.15, 0.2) is 23.0 Å². The van der Waals surface area contributed by atoms with Gasteiger partial charge in [0.1, 0.15) is 0 Å². The van der Waals surface area contributed by atoms with Crippen molar-refractivity contribution >= 4 is 16.7 Å². The fourth-order valence-corrected chi connectivity index (χ4v) is 2.59. The van der Waals surface area contributed by atoms with Gasteiger partial charge in [-0.3, -0.25) is 14.2 Å². The Balaban J connectivity index is 2.99. The number of fused-ring (bicyclic) bond motifs is 1. The molecule has 1 unspecified atom stereocenters. The summed E-state index contributed by atoms with van der Waals surface area (Å²) in [5, 5.41) is 1.05. The predicted octanol–water partition coefficient (Wildman–Crippen LogP) is 3.08. The second-order valence-corrected chi connectivity index (χ2v) is 5.30. The lowest BCUT2D eigenvalue weighted by Gasteiger charge is -2.18. The van der Waals surface area contributed by atoms with Gasteiger partial charge >= 0.3 is 0 Å². The largest absolute Gasteiger partial charge is 0.298 e. The molecule has 0 radical (unpaired) electrons. The van der Waals surface area contributed by atoms with Crippen LogP contribution in [0.2, 0.25) is 0 Å². The molecule has 1 atom stereocenters. The van der Waals surface area contributed by atoms with Crippen LogP contribution in [0.4, 0.5) is 0 Å². The Hall–Kier alpha value is -1.90. The molecule has 0 N–H and O–H groups in total. The summed E-state index contributed by atoms with van der Waals surface area (Å²) in [5.41, 5.74) is 3.91. The second-order valence-electron chi connectivity index (χ2n) is 5.30. The third-order valence-corrected chi connectivity index (χ3v) is 3.66. The quantitative estimate of drug-likeness (QED) is 0.829. The lowest BCUT2D eigenvalue weighted by Crippen LogP contribution is -2.27. The number of nitrogens with zero attached hydrogens (tertiary/aromatic N) is 1. The molecule has 3 nitrogen and oxygen atoms in total. The number of aromatic nitrogens is 1. The van der Waals surface area contributed by atoms with E-state index in [-0.39, 0.29) is 11.3 Å². The first-order valence-electron chi connectivity index (χ1n) is 6.46. The predicted molar refractivity (Wildman–Crippen MR) is 77.8 cm³/mol. The highest BCUT2D eigenvalue weighted by Crippen LogP contribution is 2.24. The number of hydrogen-bond acceptors (Lipinski definition) is 2. The van der Waals surface area contributed by atoms with E-state index in [0.29, 0.717) is 0 Å². The van der Waals surface area contributed by atoms with Crippen LogP contribution in [0.5, 0.6) is 0 Å². The van der Waals surface area contributed by atoms with Gasteiger partial charge < -0.3 is 0 Å². The number of aryl methyl sites for hydroxylation is 3. The molecule has 2 rings (SSSR count). The first-order valence-corrected chi connectivity index (χ1v) is 6.46. The average Bonchev–Trinajstić information content (AvgIpc) is 2.29. The molecule has 3 heteroatoms. The smallest absolute Gasteiger partial charge is 0.251 e. The van der Waals surface area contributed by atoms with E-state index >= 15 is 0 Å². The van der Waals surface area contributed by atoms with Gasteiger partial charge in [-0.1, -0.05) is 11.6 Å². The van der Waals surface area contributed by atoms with E-state index in [1.54, 1.807) is 17.6 Å². The van der Waals surface area contributed by atoms with Crippen molar-refractivity contribution in [3.8, 4) is 0 Å². The summed E-state index contributed by atoms with van der Waals surface area (Å²) in [6.07, 6.45) is 0. The highest BCUT2D eigenvalue weighted by molar-refractivity contribution is 5.88. The third kappa shape index (κ3) is 2.21. The Morgan fingerprint density at radius 2 is 1.74 bits per heavy atom. The standard InChI is InChI=1S/C16H19NO2/c1-9-6-11(3)16-14(7-9)10(2)8-15(19)17(16)12(4)13(5)18/h6-8,12H,1-5H3. The number of hydrogen-bond donors (Lipinski definition) is 0. The molecule has 0 saturated carbocycles. The summed E-state index contributed by atoms with van der Waals surface area (Å²) < 4.78 is 1.61. The van der Waals surface area contributed by atoms with E-state index < -0.39 is 6.04 Å². The number of pyridine rings is 1. The van der Waals surface area contributed by atoms with Crippen molar-refractivity contribution in [2.45, 2.75) is 40.7 Å². The molecule has 1 aromatic carbocycles. The van der Waals surface area contributed by atoms with E-state index in [0.717, 1.165) is 27.6 Å². The summed E-state index contributed by atoms with van der Waals surface area (Å²) in [4.78, 5) is 23.9. The topological polar surface area (TPSA) is 39.1 Å². The molecule has 2 aromatic rings. The number of Topliss-reactive ketones (excluding diaryl/α,β-unsaturated/α-hetero) is 1. The van der Waals surface area contributed by atoms with E-state index in [4.69, 9.17) is 0 Å². The summed E-state index contributed by atoms with van der Waals surface area (Å²) in [6, 6.07) is 5.29. The number of carbonyl (C=O) groups is 1. The molecular weight excluding hydrogens is 238 g/mol. The fraction of sp³-hybridized carbons (Fsp3) is 0.375. The molecule has 0 fully saturated rings. The molecule has 0 amide bonds. The summed E-state index contributed by atoms with van der Waals surface area (Å²) in [6.45, 7) is 9.25. The average molecular weight is 257 g/mol. The molecule has 0 aliphatic heterocycles. The minimum atomic E-state index is -0.433. The Labute approximate surface area is 112 Å². The zero-order valence-corrected chi connectivity index (χ0v) is 12.1. The SMILES string of the molecule is CC(=O)C(C)n1c(=O)cc(C)c2cc(C)cc(C)c21. The molecule has 1 heterocycles. The van der Waals surface area contributed by atoms with Crippen LogP contribution >= 0.6 is 0 Å². The molecule has 0 aliphatic rings. The van der Waals surface area contributed by atoms with E-state index in [9.17, 15) is 9.59 Å². The molecule has 100 valence electrons. The van der Waals surface area contributed by atoms with Gasteiger partial charge in [-0.2, -0.15) is 0 Å². The summed E-state index contributed by atoms with van der Waals surface area (Å²) >= 11 is 0. The van der Waals surface area contributed by atoms with Crippen LogP contribution in [0.3, 0.4) is 0 Å². The maximum absolute atomic E-state index is 12.2. The molecule has 19 heavy (non-hydrogen) atoms. The Bertz CT molecular complexity index is 726. The number of ketones is 1. The van der Waals surface area contributed by atoms with Crippen LogP contribution in [0, 0.1) is 20.8 Å². The highest BCUT2D eigenvalue weighted by atomic mass is 16.1. The molecular formula is C16H19NO2. The minimum absolute atomic E-state index is 0.00720. The van der Waals surface area contributed by atoms with Gasteiger partial charge in [-0.05, 0) is 51.8 Å². The summed E-state index contributed by atoms with van der Waals surface area (Å²) in [5.74, 6) is -0.00720. The molecule has 0 spiro atoms. The highest BCUT2D eigenvalue weighted by Gasteiger charge is 2.17. The normalized spacial score (nSPS) is 12.7. The van der Waals surface area contributed by atoms with Gasteiger partial charge in [0.25, 0.3) is 5.56 Å². The van der Waals surface area contributed by atoms with Crippen molar-refractivity contribution in [2.24, 2.45) is 0 Å². The van der Waals surface area contributed by atoms with Crippen LogP contribution in [0.25, 0.3) is 10.9 Å². The Morgan fingerprint density at radius 1 is 1.11 bits per heavy atom. The molecule has 0 aliphatic carbocycles. The zero-order valence-electron chi connectivity index (χ0n) is 12.1. The van der Waals surface area contributed by atoms with Crippen LogP contribution in [-0.2, 0) is 4.79 Å². The summed E-state index contributed by atoms with van der Waals surface area (Å²) in [7, 11) is 0. The van der Waals surface area contributed by atoms with Gasteiger partial charge in [-0.15, -0.1) is 0 Å². The van der Waals surface area contributed by atoms with Crippen molar-refractivity contribution in [3.63, 3.8) is 0 Å². The monoisotopic (exact) mass is 257 g/mol. The Morgan fingerprint density at radius 3 is 2.32 bits per heavy atom. The molecule has 1 aromatic heterocycles.